The Labute approximate surface area is 190 Å². The lowest BCUT2D eigenvalue weighted by Gasteiger charge is -2.23. The maximum absolute atomic E-state index is 13.3. The van der Waals surface area contributed by atoms with Gasteiger partial charge in [0.05, 0.1) is 4.90 Å². The number of hydrogen-bond acceptors (Lipinski definition) is 5. The number of Topliss-reactive ketones (excluding diaryl/α,β-unsaturated/α-hetero) is 1. The number of carbonyl (C=O) groups is 2. The van der Waals surface area contributed by atoms with E-state index < -0.39 is 27.3 Å². The number of allylic oxidation sites excluding steroid dienone is 1. The Kier molecular flexibility index (Phi) is 5.65. The van der Waals surface area contributed by atoms with Crippen molar-refractivity contribution < 1.29 is 27.7 Å². The Balaban J connectivity index is 1.89. The van der Waals surface area contributed by atoms with E-state index in [1.54, 1.807) is 30.6 Å². The van der Waals surface area contributed by atoms with Gasteiger partial charge in [-0.05, 0) is 48.6 Å². The van der Waals surface area contributed by atoms with Crippen molar-refractivity contribution in [1.82, 2.24) is 0 Å². The summed E-state index contributed by atoms with van der Waals surface area (Å²) in [4.78, 5) is 24.3. The zero-order valence-corrected chi connectivity index (χ0v) is 18.6. The minimum atomic E-state index is -4.35. The number of aryl methyl sites for hydroxylation is 1. The lowest BCUT2D eigenvalue weighted by molar-refractivity contribution is -0.578. The van der Waals surface area contributed by atoms with Gasteiger partial charge in [-0.3, -0.25) is 9.59 Å². The zero-order chi connectivity index (χ0) is 23.8. The Morgan fingerprint density at radius 2 is 1.67 bits per heavy atom. The molecule has 0 fully saturated rings. The number of hydrogen-bond donors (Lipinski definition) is 1. The molecule has 9 heteroatoms. The predicted octanol–water partition coefficient (Wildman–Crippen LogP) is 1.95. The quantitative estimate of drug-likeness (QED) is 0.596. The SMILES string of the molecule is CC(=O)Nc1ccc(S(=O)(=O)/N=C2/C(=O)c3ccccc3C([O-])=C2[n+]2cccc(C)c2)cc1. The van der Waals surface area contributed by atoms with Crippen molar-refractivity contribution in [3.63, 3.8) is 0 Å². The molecule has 1 amide bonds. The summed E-state index contributed by atoms with van der Waals surface area (Å²) in [5, 5.41) is 15.9. The van der Waals surface area contributed by atoms with Crippen LogP contribution < -0.4 is 15.0 Å². The molecule has 3 aromatic rings. The van der Waals surface area contributed by atoms with Crippen LogP contribution in [0.25, 0.3) is 11.5 Å². The first-order valence-electron chi connectivity index (χ1n) is 9.94. The summed E-state index contributed by atoms with van der Waals surface area (Å²) in [6.45, 7) is 3.14. The van der Waals surface area contributed by atoms with Crippen molar-refractivity contribution in [2.75, 3.05) is 5.32 Å². The maximum atomic E-state index is 13.3. The van der Waals surface area contributed by atoms with E-state index in [-0.39, 0.29) is 27.6 Å². The average molecular weight is 461 g/mol. The fraction of sp³-hybridized carbons (Fsp3) is 0.0833. The topological polar surface area (TPSA) is 120 Å². The molecule has 0 aliphatic heterocycles. The normalized spacial score (nSPS) is 14.8. The zero-order valence-electron chi connectivity index (χ0n) is 17.8. The van der Waals surface area contributed by atoms with Crippen LogP contribution in [-0.2, 0) is 14.8 Å². The van der Waals surface area contributed by atoms with Gasteiger partial charge >= 0.3 is 0 Å². The summed E-state index contributed by atoms with van der Waals surface area (Å²) in [6, 6.07) is 15.1. The molecule has 8 nitrogen and oxygen atoms in total. The van der Waals surface area contributed by atoms with Crippen LogP contribution in [0.2, 0.25) is 0 Å². The molecule has 2 aromatic carbocycles. The summed E-state index contributed by atoms with van der Waals surface area (Å²) >= 11 is 0. The third-order valence-corrected chi connectivity index (χ3v) is 6.25. The van der Waals surface area contributed by atoms with Gasteiger partial charge in [-0.25, -0.2) is 0 Å². The molecule has 1 aromatic heterocycles. The molecule has 0 atom stereocenters. The standard InChI is InChI=1S/C24H19N3O5S/c1-15-6-5-13-27(14-15)22-21(23(29)19-7-3-4-8-20(19)24(22)30)26-33(31,32)18-11-9-17(10-12-18)25-16(2)28/h3-14H,1-2H3,(H-,25,26,28,30). The lowest BCUT2D eigenvalue weighted by atomic mass is 9.91. The van der Waals surface area contributed by atoms with E-state index in [1.165, 1.54) is 47.9 Å². The van der Waals surface area contributed by atoms with Crippen LogP contribution >= 0.6 is 0 Å². The highest BCUT2D eigenvalue weighted by Crippen LogP contribution is 2.28. The van der Waals surface area contributed by atoms with E-state index in [0.717, 1.165) is 5.56 Å². The third-order valence-electron chi connectivity index (χ3n) is 4.96. The van der Waals surface area contributed by atoms with Crippen LogP contribution in [0.1, 0.15) is 28.4 Å². The van der Waals surface area contributed by atoms with Crippen molar-refractivity contribution in [1.29, 1.82) is 0 Å². The maximum Gasteiger partial charge on any atom is 0.283 e. The number of nitrogens with zero attached hydrogens (tertiary/aromatic N) is 2. The van der Waals surface area contributed by atoms with E-state index in [2.05, 4.69) is 9.71 Å². The highest BCUT2D eigenvalue weighted by molar-refractivity contribution is 7.90. The first kappa shape index (κ1) is 22.1. The van der Waals surface area contributed by atoms with Gasteiger partial charge in [0.15, 0.2) is 18.1 Å². The fourth-order valence-electron chi connectivity index (χ4n) is 3.49. The molecule has 0 bridgehead atoms. The van der Waals surface area contributed by atoms with E-state index >= 15 is 0 Å². The molecule has 1 aliphatic rings. The molecule has 1 heterocycles. The smallest absolute Gasteiger partial charge is 0.283 e. The van der Waals surface area contributed by atoms with E-state index in [1.807, 2.05) is 13.0 Å². The summed E-state index contributed by atoms with van der Waals surface area (Å²) in [6.07, 6.45) is 3.19. The molecular weight excluding hydrogens is 442 g/mol. The number of carbonyl (C=O) groups excluding carboxylic acids is 2. The van der Waals surface area contributed by atoms with Gasteiger partial charge < -0.3 is 10.4 Å². The fourth-order valence-corrected chi connectivity index (χ4v) is 4.49. The minimum Gasteiger partial charge on any atom is -0.867 e. The Morgan fingerprint density at radius 3 is 2.30 bits per heavy atom. The molecule has 0 saturated heterocycles. The average Bonchev–Trinajstić information content (AvgIpc) is 2.77. The second-order valence-corrected chi connectivity index (χ2v) is 9.07. The van der Waals surface area contributed by atoms with Gasteiger partial charge in [-0.2, -0.15) is 13.0 Å². The first-order chi connectivity index (χ1) is 15.7. The van der Waals surface area contributed by atoms with Crippen LogP contribution in [0.4, 0.5) is 5.69 Å². The van der Waals surface area contributed by atoms with E-state index in [0.29, 0.717) is 5.69 Å². The second kappa shape index (κ2) is 8.44. The molecule has 166 valence electrons. The Hall–Kier alpha value is -4.11. The summed E-state index contributed by atoms with van der Waals surface area (Å²) in [7, 11) is -4.35. The van der Waals surface area contributed by atoms with Crippen LogP contribution in [0.15, 0.2) is 82.4 Å². The number of benzene rings is 2. The highest BCUT2D eigenvalue weighted by Gasteiger charge is 2.35. The first-order valence-corrected chi connectivity index (χ1v) is 11.4. The number of anilines is 1. The minimum absolute atomic E-state index is 0.0921. The molecule has 0 radical (unpaired) electrons. The molecule has 33 heavy (non-hydrogen) atoms. The van der Waals surface area contributed by atoms with Crippen molar-refractivity contribution in [2.24, 2.45) is 4.40 Å². The number of ketones is 1. The number of nitrogens with one attached hydrogen (secondary N) is 1. The molecule has 4 rings (SSSR count). The molecule has 1 aliphatic carbocycles. The Bertz CT molecular complexity index is 1460. The summed E-state index contributed by atoms with van der Waals surface area (Å²) in [5.74, 6) is -1.46. The number of rotatable bonds is 4. The van der Waals surface area contributed by atoms with Gasteiger partial charge in [-0.15, -0.1) is 4.40 Å². The van der Waals surface area contributed by atoms with Gasteiger partial charge in [0.1, 0.15) is 0 Å². The van der Waals surface area contributed by atoms with E-state index in [9.17, 15) is 23.1 Å². The van der Waals surface area contributed by atoms with Crippen LogP contribution in [0.5, 0.6) is 0 Å². The van der Waals surface area contributed by atoms with Crippen molar-refractivity contribution in [2.45, 2.75) is 18.7 Å². The predicted molar refractivity (Wildman–Crippen MR) is 121 cm³/mol. The summed E-state index contributed by atoms with van der Waals surface area (Å²) in [5.41, 5.74) is 0.896. The van der Waals surface area contributed by atoms with Crippen LogP contribution in [0.3, 0.4) is 0 Å². The largest absolute Gasteiger partial charge is 0.867 e. The Morgan fingerprint density at radius 1 is 1.00 bits per heavy atom. The van der Waals surface area contributed by atoms with Crippen LogP contribution in [0, 0.1) is 6.92 Å². The molecule has 0 saturated carbocycles. The lowest BCUT2D eigenvalue weighted by Crippen LogP contribution is -2.43. The second-order valence-electron chi connectivity index (χ2n) is 7.46. The van der Waals surface area contributed by atoms with Crippen LogP contribution in [-0.4, -0.2) is 25.8 Å². The van der Waals surface area contributed by atoms with Gasteiger partial charge in [0, 0.05) is 29.8 Å². The van der Waals surface area contributed by atoms with Crippen molar-refractivity contribution in [3.05, 3.63) is 89.7 Å². The highest BCUT2D eigenvalue weighted by atomic mass is 32.2. The van der Waals surface area contributed by atoms with Gasteiger partial charge in [0.2, 0.25) is 17.4 Å². The van der Waals surface area contributed by atoms with Crippen molar-refractivity contribution >= 4 is 44.6 Å². The molecular formula is C24H19N3O5S. The molecule has 0 unspecified atom stereocenters. The number of sulfonamides is 1. The third kappa shape index (κ3) is 4.31. The van der Waals surface area contributed by atoms with Crippen molar-refractivity contribution in [3.8, 4) is 0 Å². The summed E-state index contributed by atoms with van der Waals surface area (Å²) < 4.78 is 31.4. The number of fused-ring (bicyclic) bond motifs is 1. The van der Waals surface area contributed by atoms with E-state index in [4.69, 9.17) is 0 Å². The number of amides is 1. The number of aromatic nitrogens is 1. The van der Waals surface area contributed by atoms with Gasteiger partial charge in [0.25, 0.3) is 10.0 Å². The molecule has 0 spiro atoms. The number of pyridine rings is 1. The monoisotopic (exact) mass is 461 g/mol. The van der Waals surface area contributed by atoms with Gasteiger partial charge in [-0.1, -0.05) is 24.3 Å². The molecule has 1 N–H and O–H groups in total.